The van der Waals surface area contributed by atoms with Crippen molar-refractivity contribution in [1.82, 2.24) is 14.9 Å². The minimum absolute atomic E-state index is 0.135. The van der Waals surface area contributed by atoms with E-state index in [4.69, 9.17) is 10.4 Å². The van der Waals surface area contributed by atoms with Gasteiger partial charge >= 0.3 is 0 Å². The molecule has 1 unspecified atom stereocenters. The molecular weight excluding hydrogens is 180 g/mol. The molecule has 1 heterocycles. The van der Waals surface area contributed by atoms with Crippen LogP contribution in [0.5, 0.6) is 0 Å². The minimum atomic E-state index is -0.353. The molecule has 76 valence electrons. The quantitative estimate of drug-likeness (QED) is 0.645. The summed E-state index contributed by atoms with van der Waals surface area (Å²) in [6.45, 7) is 0.760. The Morgan fingerprint density at radius 2 is 2.57 bits per heavy atom. The van der Waals surface area contributed by atoms with Crippen molar-refractivity contribution < 1.29 is 5.11 Å². The third kappa shape index (κ3) is 2.55. The van der Waals surface area contributed by atoms with Gasteiger partial charge in [0.1, 0.15) is 6.04 Å². The highest BCUT2D eigenvalue weighted by molar-refractivity contribution is 5.13. The number of hydrogen-bond acceptors (Lipinski definition) is 4. The third-order valence-corrected chi connectivity index (χ3v) is 1.96. The highest BCUT2D eigenvalue weighted by atomic mass is 16.3. The number of imidazole rings is 1. The Hall–Kier alpha value is -1.38. The van der Waals surface area contributed by atoms with E-state index in [1.54, 1.807) is 17.1 Å². The van der Waals surface area contributed by atoms with E-state index >= 15 is 0 Å². The Kier molecular flexibility index (Phi) is 4.11. The maximum absolute atomic E-state index is 8.91. The summed E-state index contributed by atoms with van der Waals surface area (Å²) in [5, 5.41) is 20.5. The normalized spacial score (nSPS) is 12.4. The van der Waals surface area contributed by atoms with Crippen molar-refractivity contribution in [2.24, 2.45) is 7.05 Å². The van der Waals surface area contributed by atoms with E-state index in [0.717, 1.165) is 5.69 Å². The number of aliphatic hydroxyl groups is 1. The van der Waals surface area contributed by atoms with Crippen LogP contribution in [0.4, 0.5) is 0 Å². The van der Waals surface area contributed by atoms with Crippen LogP contribution >= 0.6 is 0 Å². The molecule has 0 aliphatic rings. The second kappa shape index (κ2) is 5.37. The molecule has 0 spiro atoms. The van der Waals surface area contributed by atoms with Crippen LogP contribution in [-0.2, 0) is 7.05 Å². The molecule has 0 aliphatic heterocycles. The number of rotatable bonds is 5. The minimum Gasteiger partial charge on any atom is -0.396 e. The maximum Gasteiger partial charge on any atom is 0.138 e. The van der Waals surface area contributed by atoms with Crippen molar-refractivity contribution in [2.45, 2.75) is 12.5 Å². The average molecular weight is 194 g/mol. The number of hydrogen-bond donors (Lipinski definition) is 2. The Balaban J connectivity index is 2.56. The van der Waals surface area contributed by atoms with Crippen molar-refractivity contribution in [3.8, 4) is 6.07 Å². The summed E-state index contributed by atoms with van der Waals surface area (Å²) in [7, 11) is 1.85. The van der Waals surface area contributed by atoms with E-state index in [2.05, 4.69) is 16.4 Å². The maximum atomic E-state index is 8.91. The van der Waals surface area contributed by atoms with E-state index in [1.165, 1.54) is 0 Å². The lowest BCUT2D eigenvalue weighted by atomic mass is 10.2. The number of aliphatic hydroxyl groups excluding tert-OH is 1. The van der Waals surface area contributed by atoms with Crippen LogP contribution < -0.4 is 5.32 Å². The molecule has 0 radical (unpaired) electrons. The number of nitrogens with one attached hydrogen (secondary N) is 1. The largest absolute Gasteiger partial charge is 0.396 e. The highest BCUT2D eigenvalue weighted by Crippen LogP contribution is 2.09. The molecular formula is C9H14N4O. The zero-order valence-electron chi connectivity index (χ0n) is 8.14. The lowest BCUT2D eigenvalue weighted by molar-refractivity contribution is 0.284. The molecule has 1 atom stereocenters. The zero-order valence-corrected chi connectivity index (χ0v) is 8.14. The van der Waals surface area contributed by atoms with Gasteiger partial charge in [0.2, 0.25) is 0 Å². The molecule has 1 rings (SSSR count). The fraction of sp³-hybridized carbons (Fsp3) is 0.556. The van der Waals surface area contributed by atoms with Gasteiger partial charge in [-0.25, -0.2) is 4.98 Å². The fourth-order valence-corrected chi connectivity index (χ4v) is 1.19. The summed E-state index contributed by atoms with van der Waals surface area (Å²) >= 11 is 0. The van der Waals surface area contributed by atoms with Gasteiger partial charge in [0.15, 0.2) is 0 Å². The molecule has 0 amide bonds. The van der Waals surface area contributed by atoms with E-state index in [-0.39, 0.29) is 12.6 Å². The van der Waals surface area contributed by atoms with Gasteiger partial charge in [-0.2, -0.15) is 5.26 Å². The van der Waals surface area contributed by atoms with Crippen molar-refractivity contribution in [3.63, 3.8) is 0 Å². The van der Waals surface area contributed by atoms with Gasteiger partial charge < -0.3 is 9.67 Å². The van der Waals surface area contributed by atoms with E-state index in [0.29, 0.717) is 13.0 Å². The monoisotopic (exact) mass is 194 g/mol. The predicted molar refractivity (Wildman–Crippen MR) is 51.3 cm³/mol. The Labute approximate surface area is 83.0 Å². The summed E-state index contributed by atoms with van der Waals surface area (Å²) in [6, 6.07) is 1.80. The third-order valence-electron chi connectivity index (χ3n) is 1.96. The number of aromatic nitrogens is 2. The van der Waals surface area contributed by atoms with Crippen LogP contribution in [0.15, 0.2) is 12.5 Å². The number of nitrogens with zero attached hydrogens (tertiary/aromatic N) is 3. The highest BCUT2D eigenvalue weighted by Gasteiger charge is 2.12. The molecule has 0 fully saturated rings. The summed E-state index contributed by atoms with van der Waals surface area (Å²) in [4.78, 5) is 3.94. The first kappa shape index (κ1) is 10.7. The second-order valence-corrected chi connectivity index (χ2v) is 3.02. The first-order chi connectivity index (χ1) is 6.79. The van der Waals surface area contributed by atoms with Crippen LogP contribution in [0.25, 0.3) is 0 Å². The molecule has 0 aliphatic carbocycles. The Morgan fingerprint density at radius 3 is 3.07 bits per heavy atom. The molecule has 1 aromatic heterocycles. The first-order valence-electron chi connectivity index (χ1n) is 4.49. The van der Waals surface area contributed by atoms with Crippen LogP contribution in [0.3, 0.4) is 0 Å². The summed E-state index contributed by atoms with van der Waals surface area (Å²) in [5.74, 6) is 0. The lowest BCUT2D eigenvalue weighted by Crippen LogP contribution is -2.23. The number of nitriles is 1. The van der Waals surface area contributed by atoms with Crippen LogP contribution in [-0.4, -0.2) is 27.8 Å². The van der Waals surface area contributed by atoms with Crippen LogP contribution in [0.2, 0.25) is 0 Å². The molecule has 5 nitrogen and oxygen atoms in total. The van der Waals surface area contributed by atoms with Crippen molar-refractivity contribution in [3.05, 3.63) is 18.2 Å². The predicted octanol–water partition coefficient (Wildman–Crippen LogP) is -0.0432. The van der Waals surface area contributed by atoms with Gasteiger partial charge in [-0.05, 0) is 13.0 Å². The summed E-state index contributed by atoms with van der Waals surface area (Å²) in [5.41, 5.74) is 0.838. The molecule has 0 saturated carbocycles. The molecule has 0 bridgehead atoms. The van der Waals surface area contributed by atoms with Crippen LogP contribution in [0, 0.1) is 11.3 Å². The number of aryl methyl sites for hydroxylation is 1. The Morgan fingerprint density at radius 1 is 1.79 bits per heavy atom. The molecule has 0 aromatic carbocycles. The van der Waals surface area contributed by atoms with Crippen molar-refractivity contribution in [2.75, 3.05) is 13.2 Å². The molecule has 14 heavy (non-hydrogen) atoms. The second-order valence-electron chi connectivity index (χ2n) is 3.02. The van der Waals surface area contributed by atoms with Gasteiger partial charge in [-0.3, -0.25) is 5.32 Å². The standard InChI is InChI=1S/C9H14N4O/c1-13-7-11-6-9(13)8(5-10)12-3-2-4-14/h6-8,12,14H,2-4H2,1H3. The smallest absolute Gasteiger partial charge is 0.138 e. The average Bonchev–Trinajstić information content (AvgIpc) is 2.60. The van der Waals surface area contributed by atoms with E-state index < -0.39 is 0 Å². The first-order valence-corrected chi connectivity index (χ1v) is 4.49. The van der Waals surface area contributed by atoms with Gasteiger partial charge in [0, 0.05) is 13.7 Å². The SMILES string of the molecule is Cn1cncc1C(C#N)NCCCO. The van der Waals surface area contributed by atoms with Crippen molar-refractivity contribution in [1.29, 1.82) is 5.26 Å². The Bertz CT molecular complexity index is 315. The zero-order chi connectivity index (χ0) is 10.4. The van der Waals surface area contributed by atoms with Crippen molar-refractivity contribution >= 4 is 0 Å². The molecule has 1 aromatic rings. The summed E-state index contributed by atoms with van der Waals surface area (Å²) in [6.07, 6.45) is 3.98. The fourth-order valence-electron chi connectivity index (χ4n) is 1.19. The topological polar surface area (TPSA) is 73.9 Å². The van der Waals surface area contributed by atoms with Gasteiger partial charge in [0.25, 0.3) is 0 Å². The van der Waals surface area contributed by atoms with Crippen LogP contribution in [0.1, 0.15) is 18.2 Å². The van der Waals surface area contributed by atoms with Gasteiger partial charge in [0.05, 0.1) is 24.3 Å². The van der Waals surface area contributed by atoms with E-state index in [1.807, 2.05) is 7.05 Å². The lowest BCUT2D eigenvalue weighted by Gasteiger charge is -2.10. The van der Waals surface area contributed by atoms with Gasteiger partial charge in [-0.1, -0.05) is 0 Å². The molecule has 0 saturated heterocycles. The summed E-state index contributed by atoms with van der Waals surface area (Å²) < 4.78 is 1.81. The van der Waals surface area contributed by atoms with E-state index in [9.17, 15) is 0 Å². The molecule has 5 heteroatoms. The molecule has 2 N–H and O–H groups in total. The van der Waals surface area contributed by atoms with Gasteiger partial charge in [-0.15, -0.1) is 0 Å².